The first kappa shape index (κ1) is 16.0. The fraction of sp³-hybridized carbons (Fsp3) is 0.933. The Balaban J connectivity index is 2.51. The lowest BCUT2D eigenvalue weighted by Crippen LogP contribution is -2.42. The van der Waals surface area contributed by atoms with Gasteiger partial charge < -0.3 is 4.90 Å². The monoisotopic (exact) mass is 317 g/mol. The Bertz CT molecular complexity index is 254. The van der Waals surface area contributed by atoms with Gasteiger partial charge in [0.2, 0.25) is 5.91 Å². The molecule has 0 saturated heterocycles. The summed E-state index contributed by atoms with van der Waals surface area (Å²) < 4.78 is 0. The molecule has 1 aliphatic rings. The Morgan fingerprint density at radius 3 is 2.33 bits per heavy atom. The summed E-state index contributed by atoms with van der Waals surface area (Å²) in [6.07, 6.45) is 8.01. The minimum Gasteiger partial charge on any atom is -0.339 e. The van der Waals surface area contributed by atoms with Crippen LogP contribution in [0.5, 0.6) is 0 Å². The number of hydrogen-bond donors (Lipinski definition) is 0. The maximum Gasteiger partial charge on any atom is 0.222 e. The lowest BCUT2D eigenvalue weighted by Gasteiger charge is -2.34. The van der Waals surface area contributed by atoms with Crippen LogP contribution in [0.4, 0.5) is 0 Å². The molecule has 0 atom stereocenters. The SMILES string of the molecule is CC(C)(C)CCC(=O)N(CCBr)C1CCCCC1. The van der Waals surface area contributed by atoms with Crippen LogP contribution in [0.25, 0.3) is 0 Å². The second-order valence-corrected chi connectivity index (χ2v) is 7.42. The summed E-state index contributed by atoms with van der Waals surface area (Å²) >= 11 is 3.48. The average Bonchev–Trinajstić information content (AvgIpc) is 2.33. The van der Waals surface area contributed by atoms with Crippen LogP contribution in [0.1, 0.15) is 65.7 Å². The number of halogens is 1. The van der Waals surface area contributed by atoms with Crippen molar-refractivity contribution in [3.63, 3.8) is 0 Å². The Morgan fingerprint density at radius 2 is 1.83 bits per heavy atom. The van der Waals surface area contributed by atoms with Crippen molar-refractivity contribution in [1.29, 1.82) is 0 Å². The van der Waals surface area contributed by atoms with Gasteiger partial charge in [0.15, 0.2) is 0 Å². The molecule has 0 radical (unpaired) electrons. The summed E-state index contributed by atoms with van der Waals surface area (Å²) in [5.74, 6) is 0.358. The van der Waals surface area contributed by atoms with Crippen molar-refractivity contribution in [2.75, 3.05) is 11.9 Å². The van der Waals surface area contributed by atoms with Crippen molar-refractivity contribution in [2.24, 2.45) is 5.41 Å². The smallest absolute Gasteiger partial charge is 0.222 e. The van der Waals surface area contributed by atoms with Gasteiger partial charge in [-0.05, 0) is 24.7 Å². The molecular weight excluding hydrogens is 290 g/mol. The van der Waals surface area contributed by atoms with Crippen molar-refractivity contribution in [2.45, 2.75) is 71.8 Å². The van der Waals surface area contributed by atoms with Crippen molar-refractivity contribution in [1.82, 2.24) is 4.90 Å². The highest BCUT2D eigenvalue weighted by atomic mass is 79.9. The van der Waals surface area contributed by atoms with E-state index in [4.69, 9.17) is 0 Å². The number of amides is 1. The highest BCUT2D eigenvalue weighted by Gasteiger charge is 2.25. The fourth-order valence-corrected chi connectivity index (χ4v) is 3.00. The van der Waals surface area contributed by atoms with Crippen molar-refractivity contribution in [3.05, 3.63) is 0 Å². The van der Waals surface area contributed by atoms with Gasteiger partial charge in [0.1, 0.15) is 0 Å². The molecule has 0 aliphatic heterocycles. The first-order valence-corrected chi connectivity index (χ1v) is 8.41. The molecule has 0 aromatic carbocycles. The summed E-state index contributed by atoms with van der Waals surface area (Å²) in [5, 5.41) is 0.894. The van der Waals surface area contributed by atoms with Crippen LogP contribution in [0.3, 0.4) is 0 Å². The highest BCUT2D eigenvalue weighted by molar-refractivity contribution is 9.09. The molecule has 0 aromatic rings. The molecule has 0 bridgehead atoms. The topological polar surface area (TPSA) is 20.3 Å². The molecule has 1 fully saturated rings. The number of alkyl halides is 1. The normalized spacial score (nSPS) is 17.8. The quantitative estimate of drug-likeness (QED) is 0.689. The summed E-state index contributed by atoms with van der Waals surface area (Å²) in [4.78, 5) is 14.5. The lowest BCUT2D eigenvalue weighted by atomic mass is 9.89. The molecular formula is C15H28BrNO. The van der Waals surface area contributed by atoms with Crippen LogP contribution in [0.15, 0.2) is 0 Å². The van der Waals surface area contributed by atoms with Crippen LogP contribution < -0.4 is 0 Å². The second kappa shape index (κ2) is 7.52. The zero-order valence-electron chi connectivity index (χ0n) is 12.2. The third-order valence-electron chi connectivity index (χ3n) is 3.75. The van der Waals surface area contributed by atoms with Crippen molar-refractivity contribution in [3.8, 4) is 0 Å². The van der Waals surface area contributed by atoms with E-state index in [0.29, 0.717) is 18.4 Å². The standard InChI is InChI=1S/C15H28BrNO/c1-15(2,3)10-9-14(18)17(12-11-16)13-7-5-4-6-8-13/h13H,4-12H2,1-3H3. The van der Waals surface area contributed by atoms with Gasteiger partial charge in [0.05, 0.1) is 0 Å². The first-order chi connectivity index (χ1) is 8.44. The van der Waals surface area contributed by atoms with E-state index >= 15 is 0 Å². The zero-order chi connectivity index (χ0) is 13.6. The average molecular weight is 318 g/mol. The Morgan fingerprint density at radius 1 is 1.22 bits per heavy atom. The second-order valence-electron chi connectivity index (χ2n) is 6.63. The van der Waals surface area contributed by atoms with Gasteiger partial charge in [-0.3, -0.25) is 4.79 Å². The summed E-state index contributed by atoms with van der Waals surface area (Å²) in [6, 6.07) is 0.503. The molecule has 0 spiro atoms. The van der Waals surface area contributed by atoms with Crippen LogP contribution in [-0.2, 0) is 4.79 Å². The van der Waals surface area contributed by atoms with Gasteiger partial charge in [-0.15, -0.1) is 0 Å². The molecule has 106 valence electrons. The van der Waals surface area contributed by atoms with E-state index in [0.717, 1.165) is 18.3 Å². The Labute approximate surface area is 121 Å². The van der Waals surface area contributed by atoms with Gasteiger partial charge in [-0.25, -0.2) is 0 Å². The van der Waals surface area contributed by atoms with E-state index in [9.17, 15) is 4.79 Å². The van der Waals surface area contributed by atoms with Crippen LogP contribution >= 0.6 is 15.9 Å². The van der Waals surface area contributed by atoms with Gasteiger partial charge in [0.25, 0.3) is 0 Å². The van der Waals surface area contributed by atoms with E-state index < -0.39 is 0 Å². The maximum absolute atomic E-state index is 12.4. The van der Waals surface area contributed by atoms with E-state index in [1.165, 1.54) is 32.1 Å². The third-order valence-corrected chi connectivity index (χ3v) is 4.10. The molecule has 0 heterocycles. The predicted octanol–water partition coefficient (Wildman–Crippen LogP) is 4.37. The molecule has 1 rings (SSSR count). The Hall–Kier alpha value is -0.0500. The molecule has 2 nitrogen and oxygen atoms in total. The van der Waals surface area contributed by atoms with E-state index in [-0.39, 0.29) is 5.41 Å². The van der Waals surface area contributed by atoms with Crippen molar-refractivity contribution >= 4 is 21.8 Å². The maximum atomic E-state index is 12.4. The largest absolute Gasteiger partial charge is 0.339 e. The summed E-state index contributed by atoms with van der Waals surface area (Å²) in [7, 11) is 0. The van der Waals surface area contributed by atoms with Crippen LogP contribution in [-0.4, -0.2) is 28.7 Å². The molecule has 1 amide bonds. The fourth-order valence-electron chi connectivity index (χ4n) is 2.62. The number of nitrogens with zero attached hydrogens (tertiary/aromatic N) is 1. The van der Waals surface area contributed by atoms with Gasteiger partial charge in [-0.1, -0.05) is 56.0 Å². The molecule has 3 heteroatoms. The number of carbonyl (C=O) groups excluding carboxylic acids is 1. The molecule has 0 N–H and O–H groups in total. The number of carbonyl (C=O) groups is 1. The van der Waals surface area contributed by atoms with Crippen molar-refractivity contribution < 1.29 is 4.79 Å². The minimum atomic E-state index is 0.252. The summed E-state index contributed by atoms with van der Waals surface area (Å²) in [6.45, 7) is 7.48. The van der Waals surface area contributed by atoms with E-state index in [2.05, 4.69) is 41.6 Å². The molecule has 1 aliphatic carbocycles. The predicted molar refractivity (Wildman–Crippen MR) is 81.1 cm³/mol. The van der Waals surface area contributed by atoms with Crippen LogP contribution in [0, 0.1) is 5.41 Å². The molecule has 18 heavy (non-hydrogen) atoms. The lowest BCUT2D eigenvalue weighted by molar-refractivity contribution is -0.134. The van der Waals surface area contributed by atoms with Gasteiger partial charge in [-0.2, -0.15) is 0 Å². The zero-order valence-corrected chi connectivity index (χ0v) is 13.8. The first-order valence-electron chi connectivity index (χ1n) is 7.29. The molecule has 0 unspecified atom stereocenters. The van der Waals surface area contributed by atoms with Gasteiger partial charge >= 0.3 is 0 Å². The highest BCUT2D eigenvalue weighted by Crippen LogP contribution is 2.25. The third kappa shape index (κ3) is 5.73. The summed E-state index contributed by atoms with van der Waals surface area (Å²) in [5.41, 5.74) is 0.252. The Kier molecular flexibility index (Phi) is 6.68. The number of hydrogen-bond acceptors (Lipinski definition) is 1. The van der Waals surface area contributed by atoms with Crippen LogP contribution in [0.2, 0.25) is 0 Å². The van der Waals surface area contributed by atoms with E-state index in [1.807, 2.05) is 0 Å². The van der Waals surface area contributed by atoms with E-state index in [1.54, 1.807) is 0 Å². The minimum absolute atomic E-state index is 0.252. The van der Waals surface area contributed by atoms with Gasteiger partial charge in [0, 0.05) is 24.3 Å². The molecule has 1 saturated carbocycles. The molecule has 0 aromatic heterocycles. The number of rotatable bonds is 5.